The highest BCUT2D eigenvalue weighted by atomic mass is 32.1. The molecular weight excluding hydrogens is 358 g/mol. The molecule has 0 bridgehead atoms. The van der Waals surface area contributed by atoms with Gasteiger partial charge in [-0.05, 0) is 32.2 Å². The molecule has 2 heterocycles. The van der Waals surface area contributed by atoms with Gasteiger partial charge in [0.1, 0.15) is 18.5 Å². The van der Waals surface area contributed by atoms with Crippen molar-refractivity contribution in [2.75, 3.05) is 23.8 Å². The lowest BCUT2D eigenvalue weighted by molar-refractivity contribution is -0.383. The molecule has 0 saturated carbocycles. The second-order valence-electron chi connectivity index (χ2n) is 6.53. The number of hydrogen-bond donors (Lipinski definition) is 1. The maximum Gasteiger partial charge on any atom is 0.353 e. The maximum absolute atomic E-state index is 12.0. The predicted molar refractivity (Wildman–Crippen MR) is 99.4 cm³/mol. The number of anilines is 2. The van der Waals surface area contributed by atoms with Crippen molar-refractivity contribution in [1.29, 1.82) is 0 Å². The minimum absolute atomic E-state index is 0.0459. The summed E-state index contributed by atoms with van der Waals surface area (Å²) in [7, 11) is 1.54. The summed E-state index contributed by atoms with van der Waals surface area (Å²) >= 11 is 1.53. The number of carbonyl (C=O) groups excluding carboxylic acids is 1. The number of hydrogen-bond acceptors (Lipinski definition) is 9. The monoisotopic (exact) mass is 379 g/mol. The van der Waals surface area contributed by atoms with Gasteiger partial charge in [-0.25, -0.2) is 9.97 Å². The first-order valence-corrected chi connectivity index (χ1v) is 8.74. The lowest BCUT2D eigenvalue weighted by atomic mass is 10.2. The fourth-order valence-electron chi connectivity index (χ4n) is 2.17. The van der Waals surface area contributed by atoms with Crippen LogP contribution in [0.4, 0.5) is 17.3 Å². The minimum Gasteiger partial charge on any atom is -0.459 e. The Morgan fingerprint density at radius 2 is 2.15 bits per heavy atom. The summed E-state index contributed by atoms with van der Waals surface area (Å²) in [5, 5.41) is 16.4. The first kappa shape index (κ1) is 19.6. The van der Waals surface area contributed by atoms with Crippen LogP contribution in [0.15, 0.2) is 23.8 Å². The molecule has 0 aliphatic rings. The number of aromatic nitrogens is 2. The highest BCUT2D eigenvalue weighted by molar-refractivity contribution is 7.09. The van der Waals surface area contributed by atoms with Gasteiger partial charge >= 0.3 is 11.7 Å². The zero-order chi connectivity index (χ0) is 19.3. The van der Waals surface area contributed by atoms with Crippen LogP contribution < -0.4 is 10.2 Å². The summed E-state index contributed by atoms with van der Waals surface area (Å²) < 4.78 is 5.25. The molecule has 0 aromatic carbocycles. The molecule has 2 rings (SSSR count). The Hall–Kier alpha value is -2.75. The zero-order valence-corrected chi connectivity index (χ0v) is 15.9. The fourth-order valence-corrected chi connectivity index (χ4v) is 2.82. The highest BCUT2D eigenvalue weighted by Crippen LogP contribution is 2.31. The molecule has 2 aromatic heterocycles. The second-order valence-corrected chi connectivity index (χ2v) is 7.56. The van der Waals surface area contributed by atoms with Crippen molar-refractivity contribution >= 4 is 34.6 Å². The Kier molecular flexibility index (Phi) is 6.09. The number of carbonyl (C=O) groups is 1. The van der Waals surface area contributed by atoms with Crippen LogP contribution in [0.25, 0.3) is 0 Å². The number of nitrogens with zero attached hydrogens (tertiary/aromatic N) is 4. The van der Waals surface area contributed by atoms with Gasteiger partial charge in [-0.2, -0.15) is 0 Å². The lowest BCUT2D eigenvalue weighted by Crippen LogP contribution is -2.33. The molecule has 0 spiro atoms. The van der Waals surface area contributed by atoms with Crippen LogP contribution in [0, 0.1) is 10.1 Å². The Morgan fingerprint density at radius 1 is 1.42 bits per heavy atom. The van der Waals surface area contributed by atoms with Gasteiger partial charge in [-0.15, -0.1) is 11.3 Å². The molecule has 0 aliphatic heterocycles. The van der Waals surface area contributed by atoms with Crippen LogP contribution in [0.3, 0.4) is 0 Å². The molecule has 0 radical (unpaired) electrons. The quantitative estimate of drug-likeness (QED) is 0.444. The molecule has 0 fully saturated rings. The molecule has 0 aliphatic carbocycles. The number of nitrogens with one attached hydrogen (secondary N) is 1. The molecule has 10 heteroatoms. The van der Waals surface area contributed by atoms with E-state index < -0.39 is 16.5 Å². The van der Waals surface area contributed by atoms with Crippen LogP contribution in [0.5, 0.6) is 0 Å². The van der Waals surface area contributed by atoms with E-state index in [1.165, 1.54) is 22.6 Å². The summed E-state index contributed by atoms with van der Waals surface area (Å²) in [6, 6.07) is 3.82. The van der Waals surface area contributed by atoms with Crippen molar-refractivity contribution < 1.29 is 14.5 Å². The molecule has 1 N–H and O–H groups in total. The molecule has 26 heavy (non-hydrogen) atoms. The Bertz CT molecular complexity index is 773. The lowest BCUT2D eigenvalue weighted by Gasteiger charge is -2.23. The van der Waals surface area contributed by atoms with E-state index in [2.05, 4.69) is 15.3 Å². The average molecular weight is 379 g/mol. The molecule has 9 nitrogen and oxygen atoms in total. The largest absolute Gasteiger partial charge is 0.459 e. The number of ether oxygens (including phenoxy) is 1. The summed E-state index contributed by atoms with van der Waals surface area (Å²) in [5.41, 5.74) is -0.918. The average Bonchev–Trinajstić information content (AvgIpc) is 3.03. The zero-order valence-electron chi connectivity index (χ0n) is 15.1. The number of thiophene rings is 1. The first-order chi connectivity index (χ1) is 12.2. The summed E-state index contributed by atoms with van der Waals surface area (Å²) in [4.78, 5) is 33.4. The van der Waals surface area contributed by atoms with E-state index >= 15 is 0 Å². The SMILES string of the molecule is CN(CC(=O)OC(C)(C)C)c1ncnc(NCc2cccs2)c1[N+](=O)[O-]. The topological polar surface area (TPSA) is 110 Å². The smallest absolute Gasteiger partial charge is 0.353 e. The summed E-state index contributed by atoms with van der Waals surface area (Å²) in [6.45, 7) is 5.50. The Labute approximate surface area is 155 Å². The van der Waals surface area contributed by atoms with Crippen molar-refractivity contribution in [3.8, 4) is 0 Å². The van der Waals surface area contributed by atoms with E-state index in [-0.39, 0.29) is 23.9 Å². The number of likely N-dealkylation sites (N-methyl/N-ethyl adjacent to an activating group) is 1. The van der Waals surface area contributed by atoms with Gasteiger partial charge in [0.15, 0.2) is 0 Å². The van der Waals surface area contributed by atoms with Gasteiger partial charge < -0.3 is 15.0 Å². The molecule has 0 saturated heterocycles. The number of nitro groups is 1. The first-order valence-electron chi connectivity index (χ1n) is 7.86. The van der Waals surface area contributed by atoms with Crippen LogP contribution >= 0.6 is 11.3 Å². The molecule has 2 aromatic rings. The van der Waals surface area contributed by atoms with Gasteiger partial charge in [0, 0.05) is 11.9 Å². The Balaban J connectivity index is 2.20. The van der Waals surface area contributed by atoms with Crippen molar-refractivity contribution in [3.05, 3.63) is 38.8 Å². The Morgan fingerprint density at radius 3 is 2.73 bits per heavy atom. The molecule has 0 atom stereocenters. The molecular formula is C16H21N5O4S. The third-order valence-electron chi connectivity index (χ3n) is 3.14. The molecule has 0 unspecified atom stereocenters. The van der Waals surface area contributed by atoms with Crippen molar-refractivity contribution in [3.63, 3.8) is 0 Å². The summed E-state index contributed by atoms with van der Waals surface area (Å²) in [5.74, 6) is -0.352. The number of esters is 1. The van der Waals surface area contributed by atoms with Gasteiger partial charge in [0.25, 0.3) is 0 Å². The van der Waals surface area contributed by atoms with E-state index in [0.717, 1.165) is 4.88 Å². The second kappa shape index (κ2) is 8.09. The van der Waals surface area contributed by atoms with E-state index in [9.17, 15) is 14.9 Å². The van der Waals surface area contributed by atoms with Crippen molar-refractivity contribution in [1.82, 2.24) is 9.97 Å². The van der Waals surface area contributed by atoms with Gasteiger partial charge in [-0.3, -0.25) is 14.9 Å². The van der Waals surface area contributed by atoms with Crippen LogP contribution in [0.2, 0.25) is 0 Å². The standard InChI is InChI=1S/C16H21N5O4S/c1-16(2,3)25-12(22)9-20(4)15-13(21(23)24)14(18-10-19-15)17-8-11-6-5-7-26-11/h5-7,10H,8-9H2,1-4H3,(H,17,18,19). The van der Waals surface area contributed by atoms with Crippen molar-refractivity contribution in [2.45, 2.75) is 32.9 Å². The van der Waals surface area contributed by atoms with E-state index in [0.29, 0.717) is 6.54 Å². The van der Waals surface area contributed by atoms with Crippen molar-refractivity contribution in [2.24, 2.45) is 0 Å². The minimum atomic E-state index is -0.636. The predicted octanol–water partition coefficient (Wildman–Crippen LogP) is 2.84. The fraction of sp³-hybridized carbons (Fsp3) is 0.438. The van der Waals surface area contributed by atoms with E-state index in [1.807, 2.05) is 17.5 Å². The molecule has 0 amide bonds. The van der Waals surface area contributed by atoms with E-state index in [4.69, 9.17) is 4.74 Å². The molecule has 140 valence electrons. The number of rotatable bonds is 7. The van der Waals surface area contributed by atoms with Gasteiger partial charge in [-0.1, -0.05) is 6.07 Å². The van der Waals surface area contributed by atoms with E-state index in [1.54, 1.807) is 27.8 Å². The van der Waals surface area contributed by atoms with Gasteiger partial charge in [0.2, 0.25) is 11.6 Å². The van der Waals surface area contributed by atoms with Crippen LogP contribution in [0.1, 0.15) is 25.6 Å². The maximum atomic E-state index is 12.0. The summed E-state index contributed by atoms with van der Waals surface area (Å²) in [6.07, 6.45) is 1.23. The third kappa shape index (κ3) is 5.38. The van der Waals surface area contributed by atoms with Crippen LogP contribution in [-0.4, -0.2) is 40.1 Å². The third-order valence-corrected chi connectivity index (χ3v) is 4.02. The van der Waals surface area contributed by atoms with Gasteiger partial charge in [0.05, 0.1) is 11.5 Å². The normalized spacial score (nSPS) is 11.1. The highest BCUT2D eigenvalue weighted by Gasteiger charge is 2.27. The van der Waals surface area contributed by atoms with Crippen LogP contribution in [-0.2, 0) is 16.1 Å².